The monoisotopic (exact) mass is 804 g/mol. The Bertz CT molecular complexity index is 2110. The first-order chi connectivity index (χ1) is 28.4. The van der Waals surface area contributed by atoms with Gasteiger partial charge in [-0.2, -0.15) is 0 Å². The van der Waals surface area contributed by atoms with Crippen molar-refractivity contribution in [3.63, 3.8) is 0 Å². The number of hydrogen-bond acceptors (Lipinski definition) is 9. The van der Waals surface area contributed by atoms with Crippen molar-refractivity contribution in [3.05, 3.63) is 129 Å². The molecule has 4 aliphatic rings. The number of nitrogens with one attached hydrogen (secondary N) is 1. The van der Waals surface area contributed by atoms with Crippen LogP contribution in [0.5, 0.6) is 11.5 Å². The van der Waals surface area contributed by atoms with E-state index in [2.05, 4.69) is 5.32 Å². The fourth-order valence-electron chi connectivity index (χ4n) is 7.79. The summed E-state index contributed by atoms with van der Waals surface area (Å²) < 4.78 is 22.2. The molecule has 8 rings (SSSR count). The lowest BCUT2D eigenvalue weighted by atomic mass is 9.94. The number of carbonyl (C=O) groups excluding carboxylic acids is 3. The van der Waals surface area contributed by atoms with Gasteiger partial charge in [-0.1, -0.05) is 72.8 Å². The van der Waals surface area contributed by atoms with Crippen molar-refractivity contribution in [3.8, 4) is 11.5 Å². The molecule has 2 saturated carbocycles. The molecule has 0 unspecified atom stereocenters. The average Bonchev–Trinajstić information content (AvgIpc) is 3.74. The second-order valence-corrected chi connectivity index (χ2v) is 15.9. The van der Waals surface area contributed by atoms with Crippen LogP contribution in [0.3, 0.4) is 0 Å². The number of benzene rings is 4. The summed E-state index contributed by atoms with van der Waals surface area (Å²) in [5.41, 5.74) is 11.1. The number of nitrogens with two attached hydrogens (primary N) is 1. The van der Waals surface area contributed by atoms with Gasteiger partial charge in [0.1, 0.15) is 28.1 Å². The number of amides is 1. The fraction of sp³-hybridized carbons (Fsp3) is 0.417. The van der Waals surface area contributed by atoms with Gasteiger partial charge < -0.3 is 35.1 Å². The number of esters is 2. The largest absolute Gasteiger partial charge is 0.489 e. The summed E-state index contributed by atoms with van der Waals surface area (Å²) in [5.74, 6) is -0.754. The van der Waals surface area contributed by atoms with Crippen molar-refractivity contribution < 1.29 is 43.2 Å². The number of hydrogen-bond donors (Lipinski definition) is 3. The molecular weight excluding hydrogens is 749 g/mol. The van der Waals surface area contributed by atoms with Crippen molar-refractivity contribution in [2.75, 3.05) is 13.2 Å². The van der Waals surface area contributed by atoms with E-state index in [0.29, 0.717) is 49.4 Å². The summed E-state index contributed by atoms with van der Waals surface area (Å²) in [5, 5.41) is 12.0. The van der Waals surface area contributed by atoms with Gasteiger partial charge in [0.25, 0.3) is 5.91 Å². The molecule has 0 saturated heterocycles. The minimum absolute atomic E-state index is 0.164. The molecule has 0 spiro atoms. The predicted molar refractivity (Wildman–Crippen MR) is 224 cm³/mol. The molecule has 0 bridgehead atoms. The number of para-hydroxylation sites is 2. The Morgan fingerprint density at radius 3 is 1.47 bits per heavy atom. The van der Waals surface area contributed by atoms with Crippen LogP contribution in [0, 0.1) is 13.8 Å². The van der Waals surface area contributed by atoms with Gasteiger partial charge in [0, 0.05) is 25.7 Å². The maximum atomic E-state index is 13.3. The van der Waals surface area contributed by atoms with Crippen LogP contribution in [-0.4, -0.2) is 65.4 Å². The Labute approximate surface area is 346 Å². The summed E-state index contributed by atoms with van der Waals surface area (Å²) >= 11 is 0. The highest BCUT2D eigenvalue weighted by atomic mass is 16.5. The van der Waals surface area contributed by atoms with Crippen LogP contribution in [0.2, 0.25) is 0 Å². The van der Waals surface area contributed by atoms with Crippen LogP contribution < -0.4 is 20.5 Å². The molecule has 11 nitrogen and oxygen atoms in total. The topological polar surface area (TPSA) is 163 Å². The van der Waals surface area contributed by atoms with Crippen molar-refractivity contribution in [2.45, 2.75) is 115 Å². The molecule has 4 aromatic rings. The zero-order valence-corrected chi connectivity index (χ0v) is 34.5. The number of rotatable bonds is 11. The van der Waals surface area contributed by atoms with Crippen LogP contribution >= 0.6 is 0 Å². The van der Waals surface area contributed by atoms with Crippen LogP contribution in [0.1, 0.15) is 106 Å². The molecule has 4 aliphatic carbocycles. The van der Waals surface area contributed by atoms with Crippen molar-refractivity contribution in [2.24, 2.45) is 5.73 Å². The van der Waals surface area contributed by atoms with E-state index in [9.17, 15) is 19.2 Å². The number of aryl methyl sites for hydroxylation is 2. The smallest absolute Gasteiger partial charge is 0.339 e. The molecule has 312 valence electrons. The minimum Gasteiger partial charge on any atom is -0.489 e. The van der Waals surface area contributed by atoms with E-state index in [-0.39, 0.29) is 36.3 Å². The van der Waals surface area contributed by atoms with Crippen LogP contribution in [0.4, 0.5) is 0 Å². The second-order valence-electron chi connectivity index (χ2n) is 15.9. The number of fused-ring (bicyclic) bond motifs is 2. The van der Waals surface area contributed by atoms with Gasteiger partial charge in [-0.3, -0.25) is 9.59 Å². The fourth-order valence-corrected chi connectivity index (χ4v) is 7.79. The molecule has 1 amide bonds. The second kappa shape index (κ2) is 18.9. The molecule has 0 aromatic heterocycles. The van der Waals surface area contributed by atoms with Gasteiger partial charge in [0.2, 0.25) is 0 Å². The van der Waals surface area contributed by atoms with Crippen LogP contribution in [0.25, 0.3) is 0 Å². The predicted octanol–water partition coefficient (Wildman–Crippen LogP) is 7.43. The van der Waals surface area contributed by atoms with Gasteiger partial charge >= 0.3 is 17.9 Å². The van der Waals surface area contributed by atoms with E-state index in [1.165, 1.54) is 6.42 Å². The number of carboxylic acid groups (broad SMARTS) is 1. The van der Waals surface area contributed by atoms with Gasteiger partial charge in [0.05, 0.1) is 31.0 Å². The third kappa shape index (κ3) is 9.96. The number of carbonyl (C=O) groups is 4. The minimum atomic E-state index is -1.09. The number of carboxylic acids is 1. The van der Waals surface area contributed by atoms with Crippen molar-refractivity contribution in [1.29, 1.82) is 0 Å². The lowest BCUT2D eigenvalue weighted by Gasteiger charge is -2.30. The first-order valence-electron chi connectivity index (χ1n) is 20.7. The Kier molecular flexibility index (Phi) is 13.8. The van der Waals surface area contributed by atoms with E-state index >= 15 is 0 Å². The third-order valence-electron chi connectivity index (χ3n) is 11.5. The Morgan fingerprint density at radius 1 is 0.627 bits per heavy atom. The number of ether oxygens (including phenoxy) is 4. The van der Waals surface area contributed by atoms with Gasteiger partial charge in [0.15, 0.2) is 0 Å². The molecule has 4 N–H and O–H groups in total. The van der Waals surface area contributed by atoms with Crippen molar-refractivity contribution >= 4 is 23.8 Å². The highest BCUT2D eigenvalue weighted by Gasteiger charge is 2.47. The highest BCUT2D eigenvalue weighted by Crippen LogP contribution is 2.35. The zero-order chi connectivity index (χ0) is 42.2. The molecule has 0 radical (unpaired) electrons. The van der Waals surface area contributed by atoms with Crippen LogP contribution in [0.15, 0.2) is 84.9 Å². The maximum Gasteiger partial charge on any atom is 0.339 e. The van der Waals surface area contributed by atoms with Gasteiger partial charge in [-0.05, 0) is 112 Å². The normalized spacial score (nSPS) is 16.8. The quantitative estimate of drug-likeness (QED) is 0.130. The Hall–Kier alpha value is -5.68. The van der Waals surface area contributed by atoms with E-state index in [1.54, 1.807) is 32.0 Å². The van der Waals surface area contributed by atoms with E-state index in [1.807, 2.05) is 80.6 Å². The standard InChI is InChI=1S/C24H27NO4.C12H15NO2.C12H14O3/c1-3-28-23(27)24(14-17-9-4-5-10-18(17)15-24)25-22(26)20-13-6-8-16(2)21(20)29-19-11-7-12-19;1-2-15-11(14)12(13)7-9-5-3-4-6-10(9)8-12;1-8-4-2-7-10(12(13)14)11(8)15-9-5-3-6-9/h4-6,8-10,13,19H,3,7,11-12,14-15H2,1-2H3,(H,25,26);3-6H,2,7-8,13H2,1H3;2,4,7,9H,3,5-6H2,1H3,(H,13,14). The van der Waals surface area contributed by atoms with E-state index in [4.69, 9.17) is 29.8 Å². The zero-order valence-electron chi connectivity index (χ0n) is 34.5. The average molecular weight is 805 g/mol. The third-order valence-corrected chi connectivity index (χ3v) is 11.5. The summed E-state index contributed by atoms with van der Waals surface area (Å²) in [6, 6.07) is 26.6. The summed E-state index contributed by atoms with van der Waals surface area (Å²) in [6.07, 6.45) is 8.83. The van der Waals surface area contributed by atoms with Gasteiger partial charge in [-0.15, -0.1) is 0 Å². The molecule has 11 heteroatoms. The molecular formula is C48H56N2O9. The maximum absolute atomic E-state index is 13.3. The first-order valence-corrected chi connectivity index (χ1v) is 20.7. The molecule has 0 atom stereocenters. The first kappa shape index (κ1) is 42.9. The van der Waals surface area contributed by atoms with Crippen LogP contribution in [-0.2, 0) is 44.7 Å². The molecule has 59 heavy (non-hydrogen) atoms. The molecule has 0 aliphatic heterocycles. The lowest BCUT2D eigenvalue weighted by molar-refractivity contribution is -0.150. The molecule has 4 aromatic carbocycles. The highest BCUT2D eigenvalue weighted by molar-refractivity contribution is 6.01. The summed E-state index contributed by atoms with van der Waals surface area (Å²) in [6.45, 7) is 8.04. The number of aromatic carboxylic acids is 1. The molecule has 0 heterocycles. The van der Waals surface area contributed by atoms with Crippen molar-refractivity contribution in [1.82, 2.24) is 5.32 Å². The Morgan fingerprint density at radius 2 is 1.05 bits per heavy atom. The van der Waals surface area contributed by atoms with Gasteiger partial charge in [-0.25, -0.2) is 9.59 Å². The Balaban J connectivity index is 0.000000164. The summed E-state index contributed by atoms with van der Waals surface area (Å²) in [7, 11) is 0. The molecule has 2 fully saturated rings. The van der Waals surface area contributed by atoms with E-state index in [0.717, 1.165) is 65.5 Å². The SMILES string of the molecule is CCOC(=O)C1(N)Cc2ccccc2C1.CCOC(=O)C1(NC(=O)c2cccc(C)c2OC2CCC2)Cc2ccccc2C1.Cc1cccc(C(=O)O)c1OC1CCC1. The summed E-state index contributed by atoms with van der Waals surface area (Å²) in [4.78, 5) is 48.9. The lowest BCUT2D eigenvalue weighted by Crippen LogP contribution is -2.56. The van der Waals surface area contributed by atoms with E-state index < -0.39 is 23.0 Å².